The molecule has 1 aromatic carbocycles. The molecule has 114 valence electrons. The van der Waals surface area contributed by atoms with Gasteiger partial charge in [0.1, 0.15) is 5.56 Å². The van der Waals surface area contributed by atoms with Crippen LogP contribution in [0, 0.1) is 6.92 Å². The summed E-state index contributed by atoms with van der Waals surface area (Å²) >= 11 is 3.29. The van der Waals surface area contributed by atoms with Gasteiger partial charge in [0.2, 0.25) is 11.1 Å². The fourth-order valence-electron chi connectivity index (χ4n) is 1.93. The van der Waals surface area contributed by atoms with Crippen molar-refractivity contribution in [1.82, 2.24) is 9.78 Å². The SMILES string of the molecule is COC(=O)c1c(C)n(-c2ccc(Br)cc2)nc(C(=O)O)c1=O. The van der Waals surface area contributed by atoms with Crippen LogP contribution < -0.4 is 5.43 Å². The molecule has 0 amide bonds. The molecular weight excluding hydrogens is 356 g/mol. The molecule has 0 unspecified atom stereocenters. The maximum absolute atomic E-state index is 12.1. The number of carboxylic acids is 1. The lowest BCUT2D eigenvalue weighted by Gasteiger charge is -2.13. The molecule has 0 spiro atoms. The second-order valence-corrected chi connectivity index (χ2v) is 5.24. The van der Waals surface area contributed by atoms with Crippen LogP contribution in [0.1, 0.15) is 26.5 Å². The second-order valence-electron chi connectivity index (χ2n) is 4.32. The van der Waals surface area contributed by atoms with Gasteiger partial charge in [-0.3, -0.25) is 4.79 Å². The van der Waals surface area contributed by atoms with E-state index in [1.165, 1.54) is 11.6 Å². The van der Waals surface area contributed by atoms with Crippen molar-refractivity contribution in [3.05, 3.63) is 55.9 Å². The summed E-state index contributed by atoms with van der Waals surface area (Å²) in [6.45, 7) is 1.49. The van der Waals surface area contributed by atoms with E-state index in [9.17, 15) is 14.4 Å². The van der Waals surface area contributed by atoms with Gasteiger partial charge in [0.05, 0.1) is 18.5 Å². The van der Waals surface area contributed by atoms with Gasteiger partial charge in [0, 0.05) is 4.47 Å². The van der Waals surface area contributed by atoms with E-state index in [1.54, 1.807) is 24.3 Å². The Balaban J connectivity index is 2.82. The van der Waals surface area contributed by atoms with Crippen LogP contribution in [0.15, 0.2) is 33.5 Å². The van der Waals surface area contributed by atoms with Gasteiger partial charge in [-0.15, -0.1) is 0 Å². The molecule has 0 aliphatic heterocycles. The lowest BCUT2D eigenvalue weighted by atomic mass is 10.1. The molecular formula is C14H11BrN2O5. The van der Waals surface area contributed by atoms with Gasteiger partial charge in [-0.2, -0.15) is 5.10 Å². The van der Waals surface area contributed by atoms with Gasteiger partial charge in [-0.1, -0.05) is 15.9 Å². The molecule has 0 saturated carbocycles. The molecule has 0 radical (unpaired) electrons. The Morgan fingerprint density at radius 1 is 1.27 bits per heavy atom. The number of carboxylic acid groups (broad SMARTS) is 1. The summed E-state index contributed by atoms with van der Waals surface area (Å²) < 4.78 is 6.61. The maximum atomic E-state index is 12.1. The van der Waals surface area contributed by atoms with Crippen LogP contribution in [0.5, 0.6) is 0 Å². The van der Waals surface area contributed by atoms with Crippen LogP contribution in [-0.4, -0.2) is 33.9 Å². The van der Waals surface area contributed by atoms with Crippen molar-refractivity contribution in [2.45, 2.75) is 6.92 Å². The molecule has 1 heterocycles. The van der Waals surface area contributed by atoms with Crippen molar-refractivity contribution in [2.24, 2.45) is 0 Å². The number of hydrogen-bond acceptors (Lipinski definition) is 5. The quantitative estimate of drug-likeness (QED) is 0.831. The predicted octanol–water partition coefficient (Wildman–Crippen LogP) is 1.79. The van der Waals surface area contributed by atoms with E-state index in [0.29, 0.717) is 5.69 Å². The molecule has 2 rings (SSSR count). The van der Waals surface area contributed by atoms with Crippen LogP contribution in [-0.2, 0) is 4.74 Å². The number of hydrogen-bond donors (Lipinski definition) is 1. The summed E-state index contributed by atoms with van der Waals surface area (Å²) in [5, 5.41) is 12.9. The highest BCUT2D eigenvalue weighted by Gasteiger charge is 2.24. The van der Waals surface area contributed by atoms with E-state index in [4.69, 9.17) is 5.11 Å². The van der Waals surface area contributed by atoms with Gasteiger partial charge in [0.15, 0.2) is 0 Å². The van der Waals surface area contributed by atoms with E-state index in [2.05, 4.69) is 25.8 Å². The van der Waals surface area contributed by atoms with Crippen LogP contribution in [0.2, 0.25) is 0 Å². The van der Waals surface area contributed by atoms with Crippen molar-refractivity contribution in [2.75, 3.05) is 7.11 Å². The largest absolute Gasteiger partial charge is 0.476 e. The third-order valence-corrected chi connectivity index (χ3v) is 3.51. The third kappa shape index (κ3) is 2.77. The number of benzene rings is 1. The number of aromatic nitrogens is 2. The maximum Gasteiger partial charge on any atom is 0.360 e. The summed E-state index contributed by atoms with van der Waals surface area (Å²) in [4.78, 5) is 35.1. The first kappa shape index (κ1) is 15.9. The minimum Gasteiger partial charge on any atom is -0.476 e. The first-order chi connectivity index (χ1) is 10.4. The summed E-state index contributed by atoms with van der Waals surface area (Å²) in [5.41, 5.74) is -1.35. The van der Waals surface area contributed by atoms with Gasteiger partial charge >= 0.3 is 11.9 Å². The Bertz CT molecular complexity index is 811. The summed E-state index contributed by atoms with van der Waals surface area (Å²) in [6, 6.07) is 6.79. The van der Waals surface area contributed by atoms with Gasteiger partial charge in [-0.25, -0.2) is 14.3 Å². The minimum atomic E-state index is -1.51. The van der Waals surface area contributed by atoms with Crippen LogP contribution in [0.25, 0.3) is 5.69 Å². The summed E-state index contributed by atoms with van der Waals surface area (Å²) in [5.74, 6) is -2.42. The first-order valence-corrected chi connectivity index (χ1v) is 6.87. The summed E-state index contributed by atoms with van der Waals surface area (Å²) in [7, 11) is 1.12. The number of rotatable bonds is 3. The third-order valence-electron chi connectivity index (χ3n) is 2.98. The standard InChI is InChI=1S/C14H11BrN2O5/c1-7-10(14(21)22-2)12(18)11(13(19)20)16-17(7)9-5-3-8(15)4-6-9/h3-6H,1-2H3,(H,19,20). The zero-order valence-electron chi connectivity index (χ0n) is 11.7. The van der Waals surface area contributed by atoms with Crippen molar-refractivity contribution < 1.29 is 19.4 Å². The van der Waals surface area contributed by atoms with Crippen LogP contribution in [0.3, 0.4) is 0 Å². The summed E-state index contributed by atoms with van der Waals surface area (Å²) in [6.07, 6.45) is 0. The number of esters is 1. The molecule has 22 heavy (non-hydrogen) atoms. The average molecular weight is 367 g/mol. The van der Waals surface area contributed by atoms with Crippen molar-refractivity contribution in [3.63, 3.8) is 0 Å². The Morgan fingerprint density at radius 2 is 1.86 bits per heavy atom. The molecule has 7 nitrogen and oxygen atoms in total. The lowest BCUT2D eigenvalue weighted by Crippen LogP contribution is -2.30. The van der Waals surface area contributed by atoms with E-state index >= 15 is 0 Å². The van der Waals surface area contributed by atoms with E-state index in [0.717, 1.165) is 11.6 Å². The Labute approximate surface area is 133 Å². The number of nitrogens with zero attached hydrogens (tertiary/aromatic N) is 2. The van der Waals surface area contributed by atoms with Crippen LogP contribution in [0.4, 0.5) is 0 Å². The number of halogens is 1. The molecule has 2 aromatic rings. The highest BCUT2D eigenvalue weighted by molar-refractivity contribution is 9.10. The van der Waals surface area contributed by atoms with Crippen molar-refractivity contribution in [1.29, 1.82) is 0 Å². The minimum absolute atomic E-state index is 0.198. The van der Waals surface area contributed by atoms with E-state index in [1.807, 2.05) is 0 Å². The number of methoxy groups -OCH3 is 1. The molecule has 0 bridgehead atoms. The Hall–Kier alpha value is -2.48. The Morgan fingerprint density at radius 3 is 2.36 bits per heavy atom. The fourth-order valence-corrected chi connectivity index (χ4v) is 2.19. The molecule has 0 aliphatic carbocycles. The molecule has 1 N–H and O–H groups in total. The molecule has 8 heteroatoms. The van der Waals surface area contributed by atoms with Gasteiger partial charge in [-0.05, 0) is 31.2 Å². The monoisotopic (exact) mass is 366 g/mol. The highest BCUT2D eigenvalue weighted by atomic mass is 79.9. The molecule has 0 saturated heterocycles. The van der Waals surface area contributed by atoms with Crippen molar-refractivity contribution in [3.8, 4) is 5.69 Å². The normalized spacial score (nSPS) is 10.3. The number of carbonyl (C=O) groups excluding carboxylic acids is 1. The fraction of sp³-hybridized carbons (Fsp3) is 0.143. The highest BCUT2D eigenvalue weighted by Crippen LogP contribution is 2.16. The zero-order valence-corrected chi connectivity index (χ0v) is 13.2. The predicted molar refractivity (Wildman–Crippen MR) is 80.6 cm³/mol. The van der Waals surface area contributed by atoms with E-state index < -0.39 is 23.1 Å². The van der Waals surface area contributed by atoms with Crippen LogP contribution >= 0.6 is 15.9 Å². The first-order valence-electron chi connectivity index (χ1n) is 6.08. The van der Waals surface area contributed by atoms with Gasteiger partial charge < -0.3 is 9.84 Å². The lowest BCUT2D eigenvalue weighted by molar-refractivity contribution is 0.0597. The number of ether oxygens (including phenoxy) is 1. The number of aromatic carboxylic acids is 1. The van der Waals surface area contributed by atoms with Gasteiger partial charge in [0.25, 0.3) is 0 Å². The zero-order chi connectivity index (χ0) is 16.4. The smallest absolute Gasteiger partial charge is 0.360 e. The molecule has 1 aromatic heterocycles. The number of carbonyl (C=O) groups is 2. The average Bonchev–Trinajstić information content (AvgIpc) is 2.48. The van der Waals surface area contributed by atoms with E-state index in [-0.39, 0.29) is 11.3 Å². The molecule has 0 atom stereocenters. The second kappa shape index (κ2) is 6.10. The molecule has 0 fully saturated rings. The Kier molecular flexibility index (Phi) is 4.41. The molecule has 0 aliphatic rings. The van der Waals surface area contributed by atoms with Crippen molar-refractivity contribution >= 4 is 27.9 Å². The topological polar surface area (TPSA) is 98.5 Å².